The largest absolute Gasteiger partial charge is 0.497 e. The molecule has 0 N–H and O–H groups in total. The number of methoxy groups -OCH3 is 1. The van der Waals surface area contributed by atoms with E-state index in [9.17, 15) is 4.79 Å². The number of hydrogen-bond acceptors (Lipinski definition) is 5. The summed E-state index contributed by atoms with van der Waals surface area (Å²) in [6, 6.07) is 18.4. The van der Waals surface area contributed by atoms with E-state index in [0.29, 0.717) is 27.8 Å². The molecule has 2 aliphatic rings. The number of carbonyl (C=O) groups excluding carboxylic acids is 1. The van der Waals surface area contributed by atoms with Gasteiger partial charge in [0, 0.05) is 22.6 Å². The second-order valence-electron chi connectivity index (χ2n) is 7.88. The molecule has 0 aromatic heterocycles. The average Bonchev–Trinajstić information content (AvgIpc) is 3.25. The van der Waals surface area contributed by atoms with Crippen molar-refractivity contribution >= 4 is 34.7 Å². The van der Waals surface area contributed by atoms with Crippen LogP contribution in [0.4, 0.5) is 0 Å². The Morgan fingerprint density at radius 2 is 1.81 bits per heavy atom. The summed E-state index contributed by atoms with van der Waals surface area (Å²) in [5, 5.41) is 7.44. The minimum Gasteiger partial charge on any atom is -0.497 e. The highest BCUT2D eigenvalue weighted by Crippen LogP contribution is 2.47. The van der Waals surface area contributed by atoms with E-state index in [4.69, 9.17) is 37.8 Å². The maximum atomic E-state index is 13.4. The maximum Gasteiger partial charge on any atom is 0.251 e. The third kappa shape index (κ3) is 3.61. The van der Waals surface area contributed by atoms with Gasteiger partial charge in [-0.2, -0.15) is 5.10 Å². The van der Waals surface area contributed by atoms with Crippen LogP contribution in [-0.2, 0) is 0 Å². The van der Waals surface area contributed by atoms with Crippen molar-refractivity contribution < 1.29 is 14.3 Å². The van der Waals surface area contributed by atoms with Crippen LogP contribution in [0, 0.1) is 6.92 Å². The quantitative estimate of drug-likeness (QED) is 0.438. The number of nitrogens with zero attached hydrogens (tertiary/aromatic N) is 2. The van der Waals surface area contributed by atoms with Gasteiger partial charge in [-0.15, -0.1) is 0 Å². The number of fused-ring (bicyclic) bond motifs is 3. The van der Waals surface area contributed by atoms with Gasteiger partial charge in [0.2, 0.25) is 5.78 Å². The van der Waals surface area contributed by atoms with E-state index >= 15 is 0 Å². The molecule has 5 rings (SSSR count). The summed E-state index contributed by atoms with van der Waals surface area (Å²) in [5.41, 5.74) is 4.26. The zero-order valence-electron chi connectivity index (χ0n) is 17.5. The Hall–Kier alpha value is -3.02. The van der Waals surface area contributed by atoms with Crippen molar-refractivity contribution in [2.45, 2.75) is 25.6 Å². The first-order valence-electron chi connectivity index (χ1n) is 10.2. The lowest BCUT2D eigenvalue weighted by molar-refractivity contribution is -0.00447. The molecule has 2 atom stereocenters. The highest BCUT2D eigenvalue weighted by Gasteiger charge is 2.44. The number of Topliss-reactive ketones (excluding diaryl/α,β-unsaturated/α-hetero) is 1. The molecule has 0 aliphatic carbocycles. The Kier molecular flexibility index (Phi) is 5.31. The molecule has 3 aromatic carbocycles. The van der Waals surface area contributed by atoms with Crippen molar-refractivity contribution in [3.05, 3.63) is 93.0 Å². The molecule has 0 radical (unpaired) electrons. The normalized spacial score (nSPS) is 19.0. The fraction of sp³-hybridized carbons (Fsp3) is 0.200. The van der Waals surface area contributed by atoms with Gasteiger partial charge in [0.15, 0.2) is 0 Å². The molecule has 2 unspecified atom stereocenters. The van der Waals surface area contributed by atoms with Crippen LogP contribution in [0.2, 0.25) is 10.0 Å². The Bertz CT molecular complexity index is 1220. The van der Waals surface area contributed by atoms with Gasteiger partial charge in [-0.3, -0.25) is 4.79 Å². The van der Waals surface area contributed by atoms with Crippen LogP contribution < -0.4 is 9.47 Å². The van der Waals surface area contributed by atoms with Gasteiger partial charge < -0.3 is 9.47 Å². The second-order valence-corrected chi connectivity index (χ2v) is 8.73. The topological polar surface area (TPSA) is 51.1 Å². The molecular formula is C25H20Cl2N2O3. The number of halogens is 2. The van der Waals surface area contributed by atoms with Gasteiger partial charge in [-0.05, 0) is 48.9 Å². The van der Waals surface area contributed by atoms with Gasteiger partial charge in [-0.25, -0.2) is 5.01 Å². The zero-order valence-corrected chi connectivity index (χ0v) is 19.0. The van der Waals surface area contributed by atoms with Crippen LogP contribution >= 0.6 is 23.2 Å². The maximum absolute atomic E-state index is 13.4. The Balaban J connectivity index is 1.57. The lowest BCUT2D eigenvalue weighted by atomic mass is 9.95. The molecule has 0 amide bonds. The molecular weight excluding hydrogens is 447 g/mol. The van der Waals surface area contributed by atoms with Crippen LogP contribution in [0.25, 0.3) is 0 Å². The second kappa shape index (κ2) is 8.15. The number of ether oxygens (including phenoxy) is 2. The number of aryl methyl sites for hydroxylation is 1. The summed E-state index contributed by atoms with van der Waals surface area (Å²) in [6.45, 7) is 1.98. The van der Waals surface area contributed by atoms with Gasteiger partial charge in [-0.1, -0.05) is 53.0 Å². The van der Waals surface area contributed by atoms with Crippen molar-refractivity contribution in [3.63, 3.8) is 0 Å². The summed E-state index contributed by atoms with van der Waals surface area (Å²) in [7, 11) is 1.63. The first-order chi connectivity index (χ1) is 15.4. The molecule has 2 aliphatic heterocycles. The molecule has 0 saturated carbocycles. The number of hydrogen-bond donors (Lipinski definition) is 0. The summed E-state index contributed by atoms with van der Waals surface area (Å²) in [6.07, 6.45) is -0.332. The van der Waals surface area contributed by atoms with Crippen LogP contribution in [0.3, 0.4) is 0 Å². The predicted molar refractivity (Wildman–Crippen MR) is 125 cm³/mol. The number of rotatable bonds is 4. The van der Waals surface area contributed by atoms with E-state index in [0.717, 1.165) is 28.2 Å². The predicted octanol–water partition coefficient (Wildman–Crippen LogP) is 6.06. The summed E-state index contributed by atoms with van der Waals surface area (Å²) in [4.78, 5) is 13.4. The monoisotopic (exact) mass is 466 g/mol. The van der Waals surface area contributed by atoms with E-state index in [2.05, 4.69) is 0 Å². The molecule has 3 aromatic rings. The highest BCUT2D eigenvalue weighted by atomic mass is 35.5. The fourth-order valence-corrected chi connectivity index (χ4v) is 4.66. The number of hydrazone groups is 1. The smallest absolute Gasteiger partial charge is 0.251 e. The van der Waals surface area contributed by atoms with E-state index in [1.165, 1.54) is 0 Å². The molecule has 2 heterocycles. The first kappa shape index (κ1) is 20.9. The molecule has 162 valence electrons. The Morgan fingerprint density at radius 1 is 1.09 bits per heavy atom. The molecule has 7 heteroatoms. The molecule has 32 heavy (non-hydrogen) atoms. The third-order valence-corrected chi connectivity index (χ3v) is 6.29. The molecule has 0 bridgehead atoms. The van der Waals surface area contributed by atoms with Gasteiger partial charge in [0.1, 0.15) is 11.5 Å². The van der Waals surface area contributed by atoms with Crippen LogP contribution in [0.5, 0.6) is 11.5 Å². The van der Waals surface area contributed by atoms with Crippen LogP contribution in [0.1, 0.15) is 39.5 Å². The van der Waals surface area contributed by atoms with Gasteiger partial charge in [0.05, 0.1) is 23.9 Å². The number of ketones is 1. The van der Waals surface area contributed by atoms with Crippen molar-refractivity contribution in [2.75, 3.05) is 7.11 Å². The van der Waals surface area contributed by atoms with Crippen molar-refractivity contribution in [1.82, 2.24) is 5.01 Å². The average molecular weight is 467 g/mol. The molecule has 0 fully saturated rings. The minimum absolute atomic E-state index is 0.175. The summed E-state index contributed by atoms with van der Waals surface area (Å²) < 4.78 is 11.4. The van der Waals surface area contributed by atoms with E-state index in [1.54, 1.807) is 30.3 Å². The Morgan fingerprint density at radius 3 is 2.50 bits per heavy atom. The summed E-state index contributed by atoms with van der Waals surface area (Å²) >= 11 is 12.8. The van der Waals surface area contributed by atoms with Crippen LogP contribution in [0.15, 0.2) is 65.8 Å². The lowest BCUT2D eigenvalue weighted by Crippen LogP contribution is -2.46. The van der Waals surface area contributed by atoms with Crippen molar-refractivity contribution in [1.29, 1.82) is 0 Å². The third-order valence-electron chi connectivity index (χ3n) is 5.79. The zero-order chi connectivity index (χ0) is 22.4. The standard InChI is InChI=1S/C25H20Cl2N2O3/c1-14-3-5-16(6-4-14)23(30)25-29-22(19-11-17(26)12-20(27)24(19)32-25)13-21(28-29)15-7-9-18(31-2)10-8-15/h3-12,22,25H,13H2,1-2H3. The van der Waals surface area contributed by atoms with Gasteiger partial charge in [0.25, 0.3) is 6.23 Å². The molecule has 0 saturated heterocycles. The lowest BCUT2D eigenvalue weighted by Gasteiger charge is -2.37. The fourth-order valence-electron chi connectivity index (χ4n) is 4.11. The van der Waals surface area contributed by atoms with Crippen LogP contribution in [-0.4, -0.2) is 29.8 Å². The number of carbonyl (C=O) groups is 1. The SMILES string of the molecule is COc1ccc(C2=NN3C(C(=O)c4ccc(C)cc4)Oc4c(Cl)cc(Cl)cc4C3C2)cc1. The molecule has 0 spiro atoms. The Labute approximate surface area is 196 Å². The highest BCUT2D eigenvalue weighted by molar-refractivity contribution is 6.35. The summed E-state index contributed by atoms with van der Waals surface area (Å²) in [5.74, 6) is 1.07. The van der Waals surface area contributed by atoms with Crippen molar-refractivity contribution in [2.24, 2.45) is 5.10 Å². The van der Waals surface area contributed by atoms with Crippen molar-refractivity contribution in [3.8, 4) is 11.5 Å². The van der Waals surface area contributed by atoms with E-state index in [1.807, 2.05) is 49.4 Å². The number of benzene rings is 3. The van der Waals surface area contributed by atoms with E-state index < -0.39 is 6.23 Å². The first-order valence-corrected chi connectivity index (χ1v) is 11.0. The van der Waals surface area contributed by atoms with Gasteiger partial charge >= 0.3 is 0 Å². The van der Waals surface area contributed by atoms with E-state index in [-0.39, 0.29) is 11.8 Å². The minimum atomic E-state index is -0.926. The molecule has 5 nitrogen and oxygen atoms in total.